The summed E-state index contributed by atoms with van der Waals surface area (Å²) in [6.45, 7) is 1.75. The number of rotatable bonds is 5. The van der Waals surface area contributed by atoms with Crippen molar-refractivity contribution in [2.24, 2.45) is 0 Å². The third kappa shape index (κ3) is 3.54. The van der Waals surface area contributed by atoms with Crippen LogP contribution in [0.5, 0.6) is 5.75 Å². The molecule has 1 saturated carbocycles. The largest absolute Gasteiger partial charge is 0.490 e. The Morgan fingerprint density at radius 1 is 1.08 bits per heavy atom. The average Bonchev–Trinajstić information content (AvgIpc) is 3.28. The van der Waals surface area contributed by atoms with E-state index in [2.05, 4.69) is 20.8 Å². The molecule has 2 fully saturated rings. The fourth-order valence-corrected chi connectivity index (χ4v) is 2.73. The Balaban J connectivity index is 1.41. The maximum Gasteiger partial charge on any atom is 0.272 e. The van der Waals surface area contributed by atoms with Crippen molar-refractivity contribution in [3.8, 4) is 17.0 Å². The van der Waals surface area contributed by atoms with Gasteiger partial charge in [0.25, 0.3) is 5.91 Å². The Morgan fingerprint density at radius 2 is 1.92 bits per heavy atom. The number of carbonyl (C=O) groups excluding carboxylic acids is 1. The maximum absolute atomic E-state index is 12.1. The molecule has 2 heterocycles. The van der Waals surface area contributed by atoms with Gasteiger partial charge >= 0.3 is 0 Å². The van der Waals surface area contributed by atoms with Crippen LogP contribution >= 0.6 is 0 Å². The average molecular weight is 324 g/mol. The molecule has 1 saturated heterocycles. The molecule has 124 valence electrons. The van der Waals surface area contributed by atoms with Crippen molar-refractivity contribution in [2.45, 2.75) is 31.4 Å². The second-order valence-electron chi connectivity index (χ2n) is 6.31. The van der Waals surface area contributed by atoms with Crippen LogP contribution in [0.3, 0.4) is 0 Å². The van der Waals surface area contributed by atoms with Crippen LogP contribution in [-0.2, 0) is 0 Å². The summed E-state index contributed by atoms with van der Waals surface area (Å²) >= 11 is 0. The van der Waals surface area contributed by atoms with E-state index in [0.717, 1.165) is 49.4 Å². The summed E-state index contributed by atoms with van der Waals surface area (Å²) in [5, 5.41) is 14.4. The Bertz CT molecular complexity index is 705. The zero-order chi connectivity index (χ0) is 16.4. The van der Waals surface area contributed by atoms with Gasteiger partial charge in [0, 0.05) is 18.2 Å². The molecule has 2 aromatic rings. The van der Waals surface area contributed by atoms with Gasteiger partial charge in [0.1, 0.15) is 5.75 Å². The molecule has 2 aliphatic rings. The highest BCUT2D eigenvalue weighted by molar-refractivity contribution is 5.92. The van der Waals surface area contributed by atoms with Gasteiger partial charge in [-0.2, -0.15) is 0 Å². The molecule has 1 unspecified atom stereocenters. The Hall–Kier alpha value is -2.47. The number of nitrogens with zero attached hydrogens (tertiary/aromatic N) is 2. The van der Waals surface area contributed by atoms with Crippen LogP contribution < -0.4 is 15.4 Å². The van der Waals surface area contributed by atoms with E-state index in [1.807, 2.05) is 30.3 Å². The molecule has 0 spiro atoms. The molecule has 6 nitrogen and oxygen atoms in total. The summed E-state index contributed by atoms with van der Waals surface area (Å²) in [5.74, 6) is 0.714. The first-order valence-corrected chi connectivity index (χ1v) is 8.40. The van der Waals surface area contributed by atoms with Crippen LogP contribution in [-0.4, -0.2) is 41.3 Å². The second-order valence-corrected chi connectivity index (χ2v) is 6.31. The predicted octanol–water partition coefficient (Wildman–Crippen LogP) is 1.78. The lowest BCUT2D eigenvalue weighted by Crippen LogP contribution is -2.36. The summed E-state index contributed by atoms with van der Waals surface area (Å²) in [5.41, 5.74) is 2.05. The Kier molecular flexibility index (Phi) is 4.13. The van der Waals surface area contributed by atoms with Crippen LogP contribution in [0.25, 0.3) is 11.3 Å². The molecule has 1 atom stereocenters. The normalized spacial score (nSPS) is 19.9. The quantitative estimate of drug-likeness (QED) is 0.877. The monoisotopic (exact) mass is 324 g/mol. The second kappa shape index (κ2) is 6.57. The summed E-state index contributed by atoms with van der Waals surface area (Å²) in [4.78, 5) is 12.1. The number of hydrogen-bond donors (Lipinski definition) is 2. The minimum atomic E-state index is -0.170. The van der Waals surface area contributed by atoms with Crippen LogP contribution in [0.2, 0.25) is 0 Å². The van der Waals surface area contributed by atoms with Gasteiger partial charge in [0.15, 0.2) is 5.69 Å². The van der Waals surface area contributed by atoms with Gasteiger partial charge in [0.2, 0.25) is 0 Å². The molecule has 1 aromatic carbocycles. The van der Waals surface area contributed by atoms with Crippen LogP contribution in [0, 0.1) is 0 Å². The molecular weight excluding hydrogens is 304 g/mol. The number of aromatic nitrogens is 2. The summed E-state index contributed by atoms with van der Waals surface area (Å²) in [7, 11) is 0. The highest BCUT2D eigenvalue weighted by Crippen LogP contribution is 2.28. The fourth-order valence-electron chi connectivity index (χ4n) is 2.73. The van der Waals surface area contributed by atoms with E-state index < -0.39 is 0 Å². The molecule has 1 aliphatic carbocycles. The van der Waals surface area contributed by atoms with E-state index in [1.165, 1.54) is 0 Å². The lowest BCUT2D eigenvalue weighted by atomic mass is 10.1. The first-order valence-electron chi connectivity index (χ1n) is 8.40. The van der Waals surface area contributed by atoms with Crippen LogP contribution in [0.15, 0.2) is 36.4 Å². The molecular formula is C18H20N4O2. The highest BCUT2D eigenvalue weighted by Gasteiger charge is 2.23. The molecule has 4 rings (SSSR count). The van der Waals surface area contributed by atoms with E-state index in [0.29, 0.717) is 11.8 Å². The number of carbonyl (C=O) groups is 1. The fraction of sp³-hybridized carbons (Fsp3) is 0.389. The zero-order valence-corrected chi connectivity index (χ0v) is 13.4. The summed E-state index contributed by atoms with van der Waals surface area (Å²) in [6, 6.07) is 11.5. The van der Waals surface area contributed by atoms with Gasteiger partial charge < -0.3 is 15.4 Å². The molecule has 0 bridgehead atoms. The first kappa shape index (κ1) is 15.1. The number of amides is 1. The van der Waals surface area contributed by atoms with Crippen molar-refractivity contribution < 1.29 is 9.53 Å². The number of benzene rings is 1. The van der Waals surface area contributed by atoms with Gasteiger partial charge in [-0.1, -0.05) is 0 Å². The molecule has 2 N–H and O–H groups in total. The molecule has 24 heavy (non-hydrogen) atoms. The molecule has 0 radical (unpaired) electrons. The third-order valence-electron chi connectivity index (χ3n) is 4.27. The van der Waals surface area contributed by atoms with E-state index in [4.69, 9.17) is 4.74 Å². The lowest BCUT2D eigenvalue weighted by Gasteiger charge is -2.10. The Labute approximate surface area is 140 Å². The maximum atomic E-state index is 12.1. The van der Waals surface area contributed by atoms with Gasteiger partial charge in [-0.05, 0) is 62.2 Å². The molecule has 1 amide bonds. The summed E-state index contributed by atoms with van der Waals surface area (Å²) < 4.78 is 5.74. The van der Waals surface area contributed by atoms with Gasteiger partial charge in [-0.25, -0.2) is 0 Å². The van der Waals surface area contributed by atoms with E-state index in [1.54, 1.807) is 6.07 Å². The lowest BCUT2D eigenvalue weighted by molar-refractivity contribution is 0.0934. The smallest absolute Gasteiger partial charge is 0.272 e. The van der Waals surface area contributed by atoms with E-state index >= 15 is 0 Å². The Morgan fingerprint density at radius 3 is 2.54 bits per heavy atom. The van der Waals surface area contributed by atoms with Gasteiger partial charge in [0.05, 0.1) is 11.8 Å². The number of ether oxygens (including phenoxy) is 1. The van der Waals surface area contributed by atoms with E-state index in [-0.39, 0.29) is 11.9 Å². The summed E-state index contributed by atoms with van der Waals surface area (Å²) in [6.07, 6.45) is 3.64. The van der Waals surface area contributed by atoms with Crippen molar-refractivity contribution >= 4 is 5.91 Å². The van der Waals surface area contributed by atoms with Crippen molar-refractivity contribution in [3.63, 3.8) is 0 Å². The minimum Gasteiger partial charge on any atom is -0.490 e. The van der Waals surface area contributed by atoms with Crippen molar-refractivity contribution in [3.05, 3.63) is 42.1 Å². The van der Waals surface area contributed by atoms with E-state index in [9.17, 15) is 4.79 Å². The van der Waals surface area contributed by atoms with Crippen molar-refractivity contribution in [1.82, 2.24) is 20.8 Å². The molecule has 1 aromatic heterocycles. The topological polar surface area (TPSA) is 76.1 Å². The number of hydrogen-bond acceptors (Lipinski definition) is 5. The molecule has 6 heteroatoms. The molecule has 1 aliphatic heterocycles. The number of nitrogens with one attached hydrogen (secondary N) is 2. The zero-order valence-electron chi connectivity index (χ0n) is 13.4. The van der Waals surface area contributed by atoms with Crippen LogP contribution in [0.4, 0.5) is 0 Å². The van der Waals surface area contributed by atoms with Gasteiger partial charge in [-0.3, -0.25) is 4.79 Å². The standard InChI is InChI=1S/C18H20N4O2/c23-18(20-13-9-10-19-11-13)17-8-7-16(21-22-17)12-1-3-14(4-2-12)24-15-5-6-15/h1-4,7-8,13,15,19H,5-6,9-11H2,(H,20,23). The third-order valence-corrected chi connectivity index (χ3v) is 4.27. The minimum absolute atomic E-state index is 0.170. The van der Waals surface area contributed by atoms with Crippen LogP contribution in [0.1, 0.15) is 29.8 Å². The SMILES string of the molecule is O=C(NC1CCNC1)c1ccc(-c2ccc(OC3CC3)cc2)nn1. The highest BCUT2D eigenvalue weighted by atomic mass is 16.5. The predicted molar refractivity (Wildman–Crippen MR) is 89.9 cm³/mol. The van der Waals surface area contributed by atoms with Crippen molar-refractivity contribution in [1.29, 1.82) is 0 Å². The van der Waals surface area contributed by atoms with Gasteiger partial charge in [-0.15, -0.1) is 10.2 Å². The first-order chi connectivity index (χ1) is 11.8. The van der Waals surface area contributed by atoms with Crippen molar-refractivity contribution in [2.75, 3.05) is 13.1 Å².